The summed E-state index contributed by atoms with van der Waals surface area (Å²) in [5.74, 6) is 0. The van der Waals surface area contributed by atoms with E-state index in [9.17, 15) is 0 Å². The standard InChI is InChI=1S/C13H16N4/c1-9-4-3-5-11-13(9)16-12(7-14-11)10-6-15-17(2)8-10/h3-6,8,12,14,16H,7H2,1-2H3. The summed E-state index contributed by atoms with van der Waals surface area (Å²) in [5.41, 5.74) is 4.87. The maximum atomic E-state index is 4.22. The highest BCUT2D eigenvalue weighted by atomic mass is 15.2. The monoisotopic (exact) mass is 228 g/mol. The van der Waals surface area contributed by atoms with E-state index in [1.807, 2.05) is 17.9 Å². The van der Waals surface area contributed by atoms with Crippen LogP contribution in [-0.2, 0) is 7.05 Å². The molecule has 1 aliphatic heterocycles. The Bertz CT molecular complexity index is 544. The fourth-order valence-electron chi connectivity index (χ4n) is 2.27. The van der Waals surface area contributed by atoms with Gasteiger partial charge in [-0.1, -0.05) is 12.1 Å². The molecule has 0 aliphatic carbocycles. The van der Waals surface area contributed by atoms with Crippen LogP contribution in [0.5, 0.6) is 0 Å². The van der Waals surface area contributed by atoms with Crippen molar-refractivity contribution < 1.29 is 0 Å². The van der Waals surface area contributed by atoms with Gasteiger partial charge in [0.1, 0.15) is 0 Å². The number of hydrogen-bond donors (Lipinski definition) is 2. The van der Waals surface area contributed by atoms with E-state index in [1.54, 1.807) is 0 Å². The molecule has 1 aromatic heterocycles. The number of nitrogens with one attached hydrogen (secondary N) is 2. The first-order chi connectivity index (χ1) is 8.24. The van der Waals surface area contributed by atoms with Gasteiger partial charge in [-0.05, 0) is 18.6 Å². The Kier molecular flexibility index (Phi) is 2.28. The Morgan fingerprint density at radius 2 is 2.29 bits per heavy atom. The topological polar surface area (TPSA) is 41.9 Å². The third kappa shape index (κ3) is 1.75. The second kappa shape index (κ2) is 3.80. The summed E-state index contributed by atoms with van der Waals surface area (Å²) >= 11 is 0. The van der Waals surface area contributed by atoms with Crippen molar-refractivity contribution in [2.24, 2.45) is 7.05 Å². The molecule has 17 heavy (non-hydrogen) atoms. The summed E-state index contributed by atoms with van der Waals surface area (Å²) in [6.45, 7) is 3.02. The number of aryl methyl sites for hydroxylation is 2. The van der Waals surface area contributed by atoms with Crippen LogP contribution in [0.25, 0.3) is 0 Å². The lowest BCUT2D eigenvalue weighted by Gasteiger charge is -2.29. The van der Waals surface area contributed by atoms with Gasteiger partial charge in [0.2, 0.25) is 0 Å². The molecular formula is C13H16N4. The molecule has 4 heteroatoms. The lowest BCUT2D eigenvalue weighted by atomic mass is 10.0. The van der Waals surface area contributed by atoms with Crippen LogP contribution < -0.4 is 10.6 Å². The van der Waals surface area contributed by atoms with Crippen LogP contribution in [-0.4, -0.2) is 16.3 Å². The zero-order chi connectivity index (χ0) is 11.8. The van der Waals surface area contributed by atoms with Crippen molar-refractivity contribution in [3.05, 3.63) is 41.7 Å². The zero-order valence-electron chi connectivity index (χ0n) is 10.1. The number of para-hydroxylation sites is 1. The first-order valence-electron chi connectivity index (χ1n) is 5.82. The molecule has 0 saturated carbocycles. The minimum Gasteiger partial charge on any atom is -0.381 e. The zero-order valence-corrected chi connectivity index (χ0v) is 10.1. The van der Waals surface area contributed by atoms with Crippen molar-refractivity contribution in [3.63, 3.8) is 0 Å². The van der Waals surface area contributed by atoms with Gasteiger partial charge in [0.15, 0.2) is 0 Å². The average molecular weight is 228 g/mol. The van der Waals surface area contributed by atoms with Crippen LogP contribution in [0.15, 0.2) is 30.6 Å². The Hall–Kier alpha value is -1.97. The van der Waals surface area contributed by atoms with Crippen molar-refractivity contribution in [2.45, 2.75) is 13.0 Å². The summed E-state index contributed by atoms with van der Waals surface area (Å²) in [6, 6.07) is 6.60. The maximum Gasteiger partial charge on any atom is 0.0717 e. The predicted molar refractivity (Wildman–Crippen MR) is 69.2 cm³/mol. The van der Waals surface area contributed by atoms with Crippen molar-refractivity contribution in [1.29, 1.82) is 0 Å². The van der Waals surface area contributed by atoms with E-state index in [1.165, 1.54) is 22.5 Å². The molecule has 2 aromatic rings. The van der Waals surface area contributed by atoms with Crippen LogP contribution >= 0.6 is 0 Å². The Morgan fingerprint density at radius 1 is 1.41 bits per heavy atom. The molecule has 1 atom stereocenters. The van der Waals surface area contributed by atoms with Crippen LogP contribution in [0.4, 0.5) is 11.4 Å². The Morgan fingerprint density at radius 3 is 3.06 bits per heavy atom. The van der Waals surface area contributed by atoms with E-state index in [4.69, 9.17) is 0 Å². The molecule has 1 aromatic carbocycles. The van der Waals surface area contributed by atoms with Gasteiger partial charge in [-0.25, -0.2) is 0 Å². The summed E-state index contributed by atoms with van der Waals surface area (Å²) in [4.78, 5) is 0. The lowest BCUT2D eigenvalue weighted by Crippen LogP contribution is -2.26. The van der Waals surface area contributed by atoms with Crippen molar-refractivity contribution in [2.75, 3.05) is 17.2 Å². The van der Waals surface area contributed by atoms with E-state index < -0.39 is 0 Å². The molecule has 0 amide bonds. The molecule has 0 radical (unpaired) electrons. The van der Waals surface area contributed by atoms with Gasteiger partial charge in [0.25, 0.3) is 0 Å². The van der Waals surface area contributed by atoms with Gasteiger partial charge >= 0.3 is 0 Å². The molecule has 1 aliphatic rings. The van der Waals surface area contributed by atoms with E-state index in [0.717, 1.165) is 6.54 Å². The molecule has 0 saturated heterocycles. The number of aromatic nitrogens is 2. The number of anilines is 2. The minimum absolute atomic E-state index is 0.289. The molecule has 2 N–H and O–H groups in total. The molecule has 0 spiro atoms. The van der Waals surface area contributed by atoms with Crippen LogP contribution in [0, 0.1) is 6.92 Å². The Balaban J connectivity index is 1.92. The van der Waals surface area contributed by atoms with Gasteiger partial charge in [-0.2, -0.15) is 5.10 Å². The van der Waals surface area contributed by atoms with E-state index in [-0.39, 0.29) is 6.04 Å². The fraction of sp³-hybridized carbons (Fsp3) is 0.308. The number of nitrogens with zero attached hydrogens (tertiary/aromatic N) is 2. The number of benzene rings is 1. The maximum absolute atomic E-state index is 4.22. The van der Waals surface area contributed by atoms with Crippen LogP contribution in [0.1, 0.15) is 17.2 Å². The van der Waals surface area contributed by atoms with Gasteiger partial charge in [-0.3, -0.25) is 4.68 Å². The van der Waals surface area contributed by atoms with Crippen molar-refractivity contribution in [3.8, 4) is 0 Å². The van der Waals surface area contributed by atoms with Gasteiger partial charge < -0.3 is 10.6 Å². The highest BCUT2D eigenvalue weighted by Gasteiger charge is 2.20. The summed E-state index contributed by atoms with van der Waals surface area (Å²) < 4.78 is 1.84. The van der Waals surface area contributed by atoms with Crippen molar-refractivity contribution in [1.82, 2.24) is 9.78 Å². The van der Waals surface area contributed by atoms with Gasteiger partial charge in [0.05, 0.1) is 23.6 Å². The first-order valence-corrected chi connectivity index (χ1v) is 5.82. The average Bonchev–Trinajstić information content (AvgIpc) is 2.76. The molecule has 1 unspecified atom stereocenters. The molecular weight excluding hydrogens is 212 g/mol. The molecule has 4 nitrogen and oxygen atoms in total. The SMILES string of the molecule is Cc1cccc2c1NC(c1cnn(C)c1)CN2. The second-order valence-corrected chi connectivity index (χ2v) is 4.52. The summed E-state index contributed by atoms with van der Waals surface area (Å²) in [7, 11) is 1.94. The summed E-state index contributed by atoms with van der Waals surface area (Å²) in [6.07, 6.45) is 3.98. The number of fused-ring (bicyclic) bond motifs is 1. The first kappa shape index (κ1) is 10.2. The van der Waals surface area contributed by atoms with E-state index >= 15 is 0 Å². The smallest absolute Gasteiger partial charge is 0.0717 e. The summed E-state index contributed by atoms with van der Waals surface area (Å²) in [5, 5.41) is 11.3. The van der Waals surface area contributed by atoms with Gasteiger partial charge in [0, 0.05) is 25.4 Å². The molecule has 3 rings (SSSR count). The predicted octanol–water partition coefficient (Wildman–Crippen LogP) is 2.31. The van der Waals surface area contributed by atoms with Crippen LogP contribution in [0.2, 0.25) is 0 Å². The molecule has 0 fully saturated rings. The minimum atomic E-state index is 0.289. The largest absolute Gasteiger partial charge is 0.381 e. The van der Waals surface area contributed by atoms with Crippen molar-refractivity contribution >= 4 is 11.4 Å². The second-order valence-electron chi connectivity index (χ2n) is 4.52. The van der Waals surface area contributed by atoms with E-state index in [0.29, 0.717) is 0 Å². The number of hydrogen-bond acceptors (Lipinski definition) is 3. The molecule has 88 valence electrons. The third-order valence-corrected chi connectivity index (χ3v) is 3.22. The third-order valence-electron chi connectivity index (χ3n) is 3.22. The highest BCUT2D eigenvalue weighted by Crippen LogP contribution is 2.33. The molecule has 0 bridgehead atoms. The lowest BCUT2D eigenvalue weighted by molar-refractivity contribution is 0.761. The van der Waals surface area contributed by atoms with Gasteiger partial charge in [-0.15, -0.1) is 0 Å². The fourth-order valence-corrected chi connectivity index (χ4v) is 2.27. The number of rotatable bonds is 1. The quantitative estimate of drug-likeness (QED) is 0.787. The molecule has 2 heterocycles. The highest BCUT2D eigenvalue weighted by molar-refractivity contribution is 5.74. The normalized spacial score (nSPS) is 18.1. The van der Waals surface area contributed by atoms with Crippen LogP contribution in [0.3, 0.4) is 0 Å². The Labute approximate surface area is 101 Å². The van der Waals surface area contributed by atoms with E-state index in [2.05, 4.69) is 47.1 Å².